The molecule has 0 saturated carbocycles. The van der Waals surface area contributed by atoms with Crippen molar-refractivity contribution in [1.82, 2.24) is 20.3 Å². The summed E-state index contributed by atoms with van der Waals surface area (Å²) in [6.07, 6.45) is 8.25. The summed E-state index contributed by atoms with van der Waals surface area (Å²) in [7, 11) is 0. The van der Waals surface area contributed by atoms with Crippen LogP contribution in [0.3, 0.4) is 0 Å². The zero-order valence-corrected chi connectivity index (χ0v) is 14.7. The van der Waals surface area contributed by atoms with Gasteiger partial charge in [-0.2, -0.15) is 0 Å². The highest BCUT2D eigenvalue weighted by molar-refractivity contribution is 5.83. The Morgan fingerprint density at radius 3 is 2.96 bits per heavy atom. The van der Waals surface area contributed by atoms with Gasteiger partial charge in [0.15, 0.2) is 0 Å². The second kappa shape index (κ2) is 7.56. The van der Waals surface area contributed by atoms with E-state index in [0.717, 1.165) is 31.3 Å². The van der Waals surface area contributed by atoms with Gasteiger partial charge in [-0.15, -0.1) is 0 Å². The Morgan fingerprint density at radius 1 is 1.23 bits per heavy atom. The molecule has 4 rings (SSSR count). The molecule has 1 atom stereocenters. The molecule has 2 aromatic heterocycles. The van der Waals surface area contributed by atoms with E-state index in [0.29, 0.717) is 19.0 Å². The van der Waals surface area contributed by atoms with Crippen LogP contribution in [0.4, 0.5) is 5.95 Å². The number of benzene rings is 1. The summed E-state index contributed by atoms with van der Waals surface area (Å²) < 4.78 is 0. The Labute approximate surface area is 152 Å². The van der Waals surface area contributed by atoms with E-state index in [2.05, 4.69) is 37.3 Å². The van der Waals surface area contributed by atoms with E-state index < -0.39 is 0 Å². The number of rotatable bonds is 5. The van der Waals surface area contributed by atoms with E-state index in [1.165, 1.54) is 10.9 Å². The first-order valence-electron chi connectivity index (χ1n) is 9.16. The first-order chi connectivity index (χ1) is 12.8. The SMILES string of the molecule is O=C(NCCc1c[nH]c2ccccc12)[C@@H]1CCCN(c2ncccn2)C1. The minimum Gasteiger partial charge on any atom is -0.361 e. The fourth-order valence-electron chi connectivity index (χ4n) is 3.63. The van der Waals surface area contributed by atoms with Crippen LogP contribution < -0.4 is 10.2 Å². The molecule has 1 aliphatic rings. The number of amides is 1. The van der Waals surface area contributed by atoms with Crippen molar-refractivity contribution in [2.24, 2.45) is 5.92 Å². The lowest BCUT2D eigenvalue weighted by Gasteiger charge is -2.31. The van der Waals surface area contributed by atoms with Crippen LogP contribution in [0.15, 0.2) is 48.9 Å². The molecule has 6 nitrogen and oxygen atoms in total. The summed E-state index contributed by atoms with van der Waals surface area (Å²) in [6, 6.07) is 10.1. The maximum absolute atomic E-state index is 12.6. The van der Waals surface area contributed by atoms with E-state index in [9.17, 15) is 4.79 Å². The number of fused-ring (bicyclic) bond motifs is 1. The Bertz CT molecular complexity index is 876. The van der Waals surface area contributed by atoms with Crippen LogP contribution in [0, 0.1) is 5.92 Å². The highest BCUT2D eigenvalue weighted by Crippen LogP contribution is 2.20. The molecule has 0 spiro atoms. The quantitative estimate of drug-likeness (QED) is 0.742. The number of hydrogen-bond acceptors (Lipinski definition) is 4. The molecule has 1 amide bonds. The Morgan fingerprint density at radius 2 is 2.08 bits per heavy atom. The van der Waals surface area contributed by atoms with Gasteiger partial charge in [0.2, 0.25) is 11.9 Å². The van der Waals surface area contributed by atoms with E-state index in [1.807, 2.05) is 24.4 Å². The molecule has 3 aromatic rings. The monoisotopic (exact) mass is 349 g/mol. The van der Waals surface area contributed by atoms with Gasteiger partial charge in [0.1, 0.15) is 0 Å². The van der Waals surface area contributed by atoms with E-state index in [4.69, 9.17) is 0 Å². The van der Waals surface area contributed by atoms with Gasteiger partial charge in [-0.25, -0.2) is 9.97 Å². The Hall–Kier alpha value is -2.89. The molecule has 1 aliphatic heterocycles. The molecule has 2 N–H and O–H groups in total. The summed E-state index contributed by atoms with van der Waals surface area (Å²) in [5.41, 5.74) is 2.38. The number of hydrogen-bond donors (Lipinski definition) is 2. The maximum Gasteiger partial charge on any atom is 0.225 e. The predicted octanol–water partition coefficient (Wildman–Crippen LogP) is 2.53. The zero-order valence-electron chi connectivity index (χ0n) is 14.7. The van der Waals surface area contributed by atoms with Crippen LogP contribution in [0.1, 0.15) is 18.4 Å². The molecule has 26 heavy (non-hydrogen) atoms. The first kappa shape index (κ1) is 16.6. The molecule has 0 radical (unpaired) electrons. The molecule has 1 fully saturated rings. The topological polar surface area (TPSA) is 73.9 Å². The number of anilines is 1. The lowest BCUT2D eigenvalue weighted by atomic mass is 9.97. The maximum atomic E-state index is 12.6. The fourth-order valence-corrected chi connectivity index (χ4v) is 3.63. The van der Waals surface area contributed by atoms with Crippen LogP contribution in [-0.4, -0.2) is 40.5 Å². The number of aromatic nitrogens is 3. The molecule has 0 aliphatic carbocycles. The largest absolute Gasteiger partial charge is 0.361 e. The number of para-hydroxylation sites is 1. The lowest BCUT2D eigenvalue weighted by molar-refractivity contribution is -0.125. The van der Waals surface area contributed by atoms with E-state index in [-0.39, 0.29) is 11.8 Å². The van der Waals surface area contributed by atoms with Crippen molar-refractivity contribution in [1.29, 1.82) is 0 Å². The van der Waals surface area contributed by atoms with Crippen molar-refractivity contribution in [3.63, 3.8) is 0 Å². The first-order valence-corrected chi connectivity index (χ1v) is 9.16. The summed E-state index contributed by atoms with van der Waals surface area (Å²) in [5.74, 6) is 0.838. The predicted molar refractivity (Wildman–Crippen MR) is 102 cm³/mol. The van der Waals surface area contributed by atoms with Gasteiger partial charge < -0.3 is 15.2 Å². The Kier molecular flexibility index (Phi) is 4.82. The van der Waals surface area contributed by atoms with Crippen molar-refractivity contribution in [2.45, 2.75) is 19.3 Å². The van der Waals surface area contributed by atoms with Crippen LogP contribution in [0.5, 0.6) is 0 Å². The Balaban J connectivity index is 1.32. The minimum absolute atomic E-state index is 0.00414. The standard InChI is InChI=1S/C20H23N5O/c26-19(16-5-3-12-25(14-16)20-22-9-4-10-23-20)21-11-8-15-13-24-18-7-2-1-6-17(15)18/h1-2,4,6-7,9-10,13,16,24H,3,5,8,11-12,14H2,(H,21,26)/t16-/m1/s1. The van der Waals surface area contributed by atoms with Gasteiger partial charge in [-0.1, -0.05) is 18.2 Å². The van der Waals surface area contributed by atoms with Gasteiger partial charge in [-0.05, 0) is 37.0 Å². The van der Waals surface area contributed by atoms with Gasteiger partial charge in [0.25, 0.3) is 0 Å². The van der Waals surface area contributed by atoms with Gasteiger partial charge in [-0.3, -0.25) is 4.79 Å². The number of piperidine rings is 1. The van der Waals surface area contributed by atoms with Gasteiger partial charge in [0, 0.05) is 49.1 Å². The van der Waals surface area contributed by atoms with Crippen LogP contribution in [-0.2, 0) is 11.2 Å². The molecular weight excluding hydrogens is 326 g/mol. The summed E-state index contributed by atoms with van der Waals surface area (Å²) in [4.78, 5) is 26.6. The van der Waals surface area contributed by atoms with E-state index >= 15 is 0 Å². The number of carbonyl (C=O) groups excluding carboxylic acids is 1. The summed E-state index contributed by atoms with van der Waals surface area (Å²) in [5, 5.41) is 4.34. The number of nitrogens with one attached hydrogen (secondary N) is 2. The molecule has 0 bridgehead atoms. The average Bonchev–Trinajstić information content (AvgIpc) is 3.12. The van der Waals surface area contributed by atoms with Gasteiger partial charge >= 0.3 is 0 Å². The highest BCUT2D eigenvalue weighted by Gasteiger charge is 2.26. The van der Waals surface area contributed by atoms with Crippen LogP contribution in [0.25, 0.3) is 10.9 Å². The number of nitrogens with zero attached hydrogens (tertiary/aromatic N) is 3. The van der Waals surface area contributed by atoms with Crippen molar-refractivity contribution in [2.75, 3.05) is 24.5 Å². The summed E-state index contributed by atoms with van der Waals surface area (Å²) >= 11 is 0. The van der Waals surface area contributed by atoms with Crippen molar-refractivity contribution < 1.29 is 4.79 Å². The second-order valence-electron chi connectivity index (χ2n) is 6.73. The normalized spacial score (nSPS) is 17.4. The molecular formula is C20H23N5O. The molecule has 6 heteroatoms. The number of H-pyrrole nitrogens is 1. The average molecular weight is 349 g/mol. The molecule has 1 saturated heterocycles. The van der Waals surface area contributed by atoms with Crippen molar-refractivity contribution in [3.8, 4) is 0 Å². The third-order valence-electron chi connectivity index (χ3n) is 5.00. The van der Waals surface area contributed by atoms with Gasteiger partial charge in [0.05, 0.1) is 5.92 Å². The van der Waals surface area contributed by atoms with Crippen LogP contribution in [0.2, 0.25) is 0 Å². The minimum atomic E-state index is -0.00414. The summed E-state index contributed by atoms with van der Waals surface area (Å²) in [6.45, 7) is 2.24. The molecule has 3 heterocycles. The number of aromatic amines is 1. The van der Waals surface area contributed by atoms with Crippen LogP contribution >= 0.6 is 0 Å². The molecule has 0 unspecified atom stereocenters. The van der Waals surface area contributed by atoms with Crippen molar-refractivity contribution >= 4 is 22.8 Å². The number of carbonyl (C=O) groups is 1. The van der Waals surface area contributed by atoms with E-state index in [1.54, 1.807) is 12.4 Å². The smallest absolute Gasteiger partial charge is 0.225 e. The third kappa shape index (κ3) is 3.54. The molecule has 1 aromatic carbocycles. The second-order valence-corrected chi connectivity index (χ2v) is 6.73. The third-order valence-corrected chi connectivity index (χ3v) is 5.00. The lowest BCUT2D eigenvalue weighted by Crippen LogP contribution is -2.44. The molecule has 134 valence electrons. The fraction of sp³-hybridized carbons (Fsp3) is 0.350. The van der Waals surface area contributed by atoms with Crippen molar-refractivity contribution in [3.05, 3.63) is 54.5 Å². The highest BCUT2D eigenvalue weighted by atomic mass is 16.1. The zero-order chi connectivity index (χ0) is 17.8.